The van der Waals surface area contributed by atoms with Gasteiger partial charge in [0.25, 0.3) is 0 Å². The van der Waals surface area contributed by atoms with Gasteiger partial charge in [0.2, 0.25) is 5.41 Å². The number of nitrogens with one attached hydrogen (secondary N) is 1. The van der Waals surface area contributed by atoms with E-state index in [1.807, 2.05) is 0 Å². The maximum Gasteiger partial charge on any atom is 0.315 e. The Labute approximate surface area is 165 Å². The number of benzene rings is 1. The van der Waals surface area contributed by atoms with Crippen LogP contribution in [-0.2, 0) is 24.5 Å². The average Bonchev–Trinajstić information content (AvgIpc) is 3.15. The van der Waals surface area contributed by atoms with Gasteiger partial charge in [-0.3, -0.25) is 9.59 Å². The largest absolute Gasteiger partial charge is 0.469 e. The van der Waals surface area contributed by atoms with Crippen molar-refractivity contribution in [3.8, 4) is 24.3 Å². The Morgan fingerprint density at radius 3 is 2.07 bits per heavy atom. The van der Waals surface area contributed by atoms with Gasteiger partial charge >= 0.3 is 11.9 Å². The topological polar surface area (TPSA) is 164 Å². The second kappa shape index (κ2) is 6.68. The first-order valence-electron chi connectivity index (χ1n) is 8.34. The Balaban J connectivity index is 2.62. The normalized spacial score (nSPS) is 20.8. The van der Waals surface area contributed by atoms with E-state index < -0.39 is 34.6 Å². The molecular formula is C20H13N5O4. The lowest BCUT2D eigenvalue weighted by Gasteiger charge is -2.43. The van der Waals surface area contributed by atoms with Crippen molar-refractivity contribution in [1.29, 1.82) is 21.0 Å². The lowest BCUT2D eigenvalue weighted by Crippen LogP contribution is -2.57. The van der Waals surface area contributed by atoms with Gasteiger partial charge in [0.1, 0.15) is 11.8 Å². The molecule has 1 heterocycles. The predicted molar refractivity (Wildman–Crippen MR) is 95.1 cm³/mol. The number of carbonyl (C=O) groups excluding carboxylic acids is 2. The summed E-state index contributed by atoms with van der Waals surface area (Å²) in [6.07, 6.45) is 0. The molecule has 2 aromatic rings. The average molecular weight is 387 g/mol. The lowest BCUT2D eigenvalue weighted by atomic mass is 9.49. The van der Waals surface area contributed by atoms with Crippen LogP contribution in [0.3, 0.4) is 0 Å². The Hall–Kier alpha value is -4.34. The van der Waals surface area contributed by atoms with Crippen molar-refractivity contribution < 1.29 is 19.1 Å². The van der Waals surface area contributed by atoms with Crippen molar-refractivity contribution in [3.05, 3.63) is 35.5 Å². The molecule has 1 aromatic heterocycles. The maximum absolute atomic E-state index is 12.7. The smallest absolute Gasteiger partial charge is 0.315 e. The third-order valence-corrected chi connectivity index (χ3v) is 5.41. The van der Waals surface area contributed by atoms with Crippen LogP contribution in [0.1, 0.15) is 17.2 Å². The van der Waals surface area contributed by atoms with Gasteiger partial charge in [-0.15, -0.1) is 0 Å². The molecule has 142 valence electrons. The van der Waals surface area contributed by atoms with Gasteiger partial charge in [-0.1, -0.05) is 18.2 Å². The Morgan fingerprint density at radius 1 is 0.966 bits per heavy atom. The van der Waals surface area contributed by atoms with Gasteiger partial charge in [0.05, 0.1) is 38.5 Å². The number of esters is 2. The molecule has 9 nitrogen and oxygen atoms in total. The molecular weight excluding hydrogens is 374 g/mol. The summed E-state index contributed by atoms with van der Waals surface area (Å²) >= 11 is 0. The van der Waals surface area contributed by atoms with Crippen LogP contribution in [-0.4, -0.2) is 31.1 Å². The zero-order chi connectivity index (χ0) is 21.4. The van der Waals surface area contributed by atoms with Crippen molar-refractivity contribution in [1.82, 2.24) is 4.98 Å². The molecule has 0 unspecified atom stereocenters. The summed E-state index contributed by atoms with van der Waals surface area (Å²) < 4.78 is 9.60. The highest BCUT2D eigenvalue weighted by Gasteiger charge is 2.71. The number of methoxy groups -OCH3 is 2. The summed E-state index contributed by atoms with van der Waals surface area (Å²) in [5.74, 6) is -5.21. The van der Waals surface area contributed by atoms with E-state index in [1.54, 1.807) is 48.5 Å². The van der Waals surface area contributed by atoms with Gasteiger partial charge in [-0.2, -0.15) is 21.0 Å². The zero-order valence-electron chi connectivity index (χ0n) is 15.4. The molecule has 0 spiro atoms. The third-order valence-electron chi connectivity index (χ3n) is 5.41. The van der Waals surface area contributed by atoms with Crippen molar-refractivity contribution in [2.24, 2.45) is 11.3 Å². The van der Waals surface area contributed by atoms with Crippen LogP contribution >= 0.6 is 0 Å². The van der Waals surface area contributed by atoms with E-state index in [0.717, 1.165) is 14.2 Å². The summed E-state index contributed by atoms with van der Waals surface area (Å²) in [6, 6.07) is 13.6. The highest BCUT2D eigenvalue weighted by Crippen LogP contribution is 2.59. The predicted octanol–water partition coefficient (Wildman–Crippen LogP) is 1.55. The number of para-hydroxylation sites is 1. The highest BCUT2D eigenvalue weighted by molar-refractivity contribution is 5.96. The zero-order valence-corrected chi connectivity index (χ0v) is 15.4. The molecule has 0 fully saturated rings. The van der Waals surface area contributed by atoms with E-state index in [9.17, 15) is 30.6 Å². The monoisotopic (exact) mass is 387 g/mol. The van der Waals surface area contributed by atoms with E-state index in [0.29, 0.717) is 10.9 Å². The van der Waals surface area contributed by atoms with E-state index >= 15 is 0 Å². The third kappa shape index (κ3) is 2.16. The number of hydrogen-bond donors (Lipinski definition) is 1. The first-order valence-corrected chi connectivity index (χ1v) is 8.34. The fourth-order valence-corrected chi connectivity index (χ4v) is 4.11. The summed E-state index contributed by atoms with van der Waals surface area (Å²) in [6.45, 7) is 0. The van der Waals surface area contributed by atoms with E-state index in [1.165, 1.54) is 0 Å². The molecule has 1 N–H and O–H groups in total. The minimum Gasteiger partial charge on any atom is -0.469 e. The second-order valence-corrected chi connectivity index (χ2v) is 6.47. The van der Waals surface area contributed by atoms with Crippen LogP contribution in [0.2, 0.25) is 0 Å². The van der Waals surface area contributed by atoms with Crippen LogP contribution in [0.15, 0.2) is 24.3 Å². The molecule has 0 saturated carbocycles. The number of fused-ring (bicyclic) bond motifs is 3. The van der Waals surface area contributed by atoms with Gasteiger partial charge in [-0.25, -0.2) is 0 Å². The number of hydrogen-bond acceptors (Lipinski definition) is 8. The first kappa shape index (κ1) is 19.4. The first-order chi connectivity index (χ1) is 13.9. The van der Waals surface area contributed by atoms with Crippen molar-refractivity contribution in [2.75, 3.05) is 14.2 Å². The molecule has 1 aliphatic rings. The van der Waals surface area contributed by atoms with Crippen molar-refractivity contribution >= 4 is 22.8 Å². The van der Waals surface area contributed by atoms with Gasteiger partial charge in [0.15, 0.2) is 5.41 Å². The molecule has 0 aliphatic heterocycles. The number of aromatic amines is 1. The summed E-state index contributed by atoms with van der Waals surface area (Å²) in [5, 5.41) is 40.5. The molecule has 29 heavy (non-hydrogen) atoms. The molecule has 0 radical (unpaired) electrons. The molecule has 0 bridgehead atoms. The standard InChI is InChI=1S/C20H13N5O4/c1-28-17(26)13-15(18(27)29-2)20(9-23,10-24)19(7-21,8-22)14-11-5-3-4-6-12(11)25-16(13)14/h3-6,13,15,25H,1-2H3/t13-,15+/m0/s1. The second-order valence-electron chi connectivity index (χ2n) is 6.47. The molecule has 3 rings (SSSR count). The number of carbonyl (C=O) groups is 2. The van der Waals surface area contributed by atoms with Crippen molar-refractivity contribution in [2.45, 2.75) is 11.3 Å². The van der Waals surface area contributed by atoms with E-state index in [-0.39, 0.29) is 11.3 Å². The Morgan fingerprint density at radius 2 is 1.55 bits per heavy atom. The molecule has 2 atom stereocenters. The summed E-state index contributed by atoms with van der Waals surface area (Å²) in [7, 11) is 2.12. The molecule has 0 amide bonds. The van der Waals surface area contributed by atoms with Crippen LogP contribution in [0, 0.1) is 56.7 Å². The van der Waals surface area contributed by atoms with Crippen LogP contribution in [0.25, 0.3) is 10.9 Å². The number of nitrogens with zero attached hydrogens (tertiary/aromatic N) is 4. The number of rotatable bonds is 2. The van der Waals surface area contributed by atoms with E-state index in [2.05, 4.69) is 4.98 Å². The minimum absolute atomic E-state index is 0.0109. The molecule has 1 aromatic carbocycles. The number of H-pyrrole nitrogens is 1. The quantitative estimate of drug-likeness (QED) is 0.758. The maximum atomic E-state index is 12.7. The number of nitriles is 4. The fraction of sp³-hybridized carbons (Fsp3) is 0.300. The number of aromatic nitrogens is 1. The van der Waals surface area contributed by atoms with Gasteiger partial charge in [-0.05, 0) is 6.07 Å². The van der Waals surface area contributed by atoms with Gasteiger partial charge in [0, 0.05) is 22.2 Å². The SMILES string of the molecule is COC(=O)[C@@H]1c2[nH]c3ccccc3c2C(C#N)(C#N)C(C#N)(C#N)[C@H]1C(=O)OC. The summed E-state index contributed by atoms with van der Waals surface area (Å²) in [4.78, 5) is 28.4. The van der Waals surface area contributed by atoms with Crippen LogP contribution in [0.5, 0.6) is 0 Å². The molecule has 0 saturated heterocycles. The molecule has 9 heteroatoms. The Bertz CT molecular complexity index is 1170. The van der Waals surface area contributed by atoms with Crippen LogP contribution < -0.4 is 0 Å². The number of ether oxygens (including phenoxy) is 2. The minimum atomic E-state index is -2.53. The summed E-state index contributed by atoms with van der Waals surface area (Å²) in [5.41, 5.74) is -4.35. The van der Waals surface area contributed by atoms with E-state index in [4.69, 9.17) is 9.47 Å². The lowest BCUT2D eigenvalue weighted by molar-refractivity contribution is -0.158. The highest BCUT2D eigenvalue weighted by atomic mass is 16.5. The Kier molecular flexibility index (Phi) is 4.47. The molecule has 1 aliphatic carbocycles. The van der Waals surface area contributed by atoms with Crippen LogP contribution in [0.4, 0.5) is 0 Å². The van der Waals surface area contributed by atoms with Crippen molar-refractivity contribution in [3.63, 3.8) is 0 Å². The fourth-order valence-electron chi connectivity index (χ4n) is 4.11. The van der Waals surface area contributed by atoms with Gasteiger partial charge < -0.3 is 14.5 Å².